The maximum Gasteiger partial charge on any atom is 0.261 e. The van der Waals surface area contributed by atoms with Gasteiger partial charge in [0, 0.05) is 17.8 Å². The monoisotopic (exact) mass is 443 g/mol. The highest BCUT2D eigenvalue weighted by Gasteiger charge is 2.34. The Bertz CT molecular complexity index is 1240. The minimum absolute atomic E-state index is 0.218. The number of fused-ring (bicyclic) bond motifs is 1. The van der Waals surface area contributed by atoms with E-state index in [-0.39, 0.29) is 11.8 Å². The summed E-state index contributed by atoms with van der Waals surface area (Å²) < 4.78 is 5.27. The second kappa shape index (κ2) is 8.43. The Morgan fingerprint density at radius 3 is 2.31 bits per heavy atom. The number of nitrogens with zero attached hydrogens (tertiary/aromatic N) is 2. The molecule has 160 valence electrons. The van der Waals surface area contributed by atoms with Crippen molar-refractivity contribution >= 4 is 23.2 Å². The fourth-order valence-corrected chi connectivity index (χ4v) is 4.63. The van der Waals surface area contributed by atoms with Crippen molar-refractivity contribution in [2.45, 2.75) is 12.8 Å². The number of imidazole rings is 1. The fourth-order valence-electron chi connectivity index (χ4n) is 3.96. The topological polar surface area (TPSA) is 75.3 Å². The van der Waals surface area contributed by atoms with Crippen molar-refractivity contribution in [3.05, 3.63) is 82.9 Å². The molecule has 4 aromatic rings. The number of carbonyl (C=O) groups excluding carboxylic acids is 2. The number of aromatic amines is 1. The molecule has 6 nitrogen and oxygen atoms in total. The van der Waals surface area contributed by atoms with Gasteiger partial charge in [-0.2, -0.15) is 0 Å². The van der Waals surface area contributed by atoms with E-state index in [0.29, 0.717) is 30.5 Å². The molecule has 3 heterocycles. The molecule has 32 heavy (non-hydrogen) atoms. The van der Waals surface area contributed by atoms with Gasteiger partial charge in [-0.3, -0.25) is 14.5 Å². The van der Waals surface area contributed by atoms with E-state index in [4.69, 9.17) is 9.72 Å². The zero-order valence-electron chi connectivity index (χ0n) is 17.5. The van der Waals surface area contributed by atoms with E-state index in [1.807, 2.05) is 41.8 Å². The highest BCUT2D eigenvalue weighted by Crippen LogP contribution is 2.30. The lowest BCUT2D eigenvalue weighted by Crippen LogP contribution is -2.31. The van der Waals surface area contributed by atoms with Crippen LogP contribution in [0.15, 0.2) is 66.0 Å². The van der Waals surface area contributed by atoms with Gasteiger partial charge < -0.3 is 9.72 Å². The van der Waals surface area contributed by atoms with Crippen LogP contribution in [0, 0.1) is 0 Å². The zero-order chi connectivity index (χ0) is 22.1. The molecule has 7 heteroatoms. The van der Waals surface area contributed by atoms with E-state index < -0.39 is 0 Å². The smallest absolute Gasteiger partial charge is 0.261 e. The molecule has 0 bridgehead atoms. The van der Waals surface area contributed by atoms with Crippen LogP contribution in [-0.2, 0) is 6.42 Å². The summed E-state index contributed by atoms with van der Waals surface area (Å²) in [7, 11) is 1.64. The largest absolute Gasteiger partial charge is 0.497 e. The van der Waals surface area contributed by atoms with Crippen molar-refractivity contribution in [3.63, 3.8) is 0 Å². The molecule has 0 saturated carbocycles. The summed E-state index contributed by atoms with van der Waals surface area (Å²) in [6, 6.07) is 18.8. The number of nitrogens with one attached hydrogen (secondary N) is 1. The average Bonchev–Trinajstić information content (AvgIpc) is 3.55. The molecule has 0 saturated heterocycles. The van der Waals surface area contributed by atoms with E-state index in [9.17, 15) is 9.59 Å². The number of aromatic nitrogens is 2. The molecular weight excluding hydrogens is 422 g/mol. The van der Waals surface area contributed by atoms with Gasteiger partial charge in [0.05, 0.1) is 28.8 Å². The summed E-state index contributed by atoms with van der Waals surface area (Å²) in [6.07, 6.45) is 1.30. The van der Waals surface area contributed by atoms with Crippen LogP contribution in [0.4, 0.5) is 0 Å². The first-order valence-corrected chi connectivity index (χ1v) is 11.3. The quantitative estimate of drug-likeness (QED) is 0.406. The van der Waals surface area contributed by atoms with Gasteiger partial charge in [-0.25, -0.2) is 4.98 Å². The first kappa shape index (κ1) is 20.2. The third-order valence-corrected chi connectivity index (χ3v) is 6.46. The maximum atomic E-state index is 12.6. The van der Waals surface area contributed by atoms with Gasteiger partial charge in [0.25, 0.3) is 11.8 Å². The lowest BCUT2D eigenvalue weighted by Gasteiger charge is -2.13. The van der Waals surface area contributed by atoms with E-state index in [1.165, 1.54) is 4.90 Å². The van der Waals surface area contributed by atoms with Crippen molar-refractivity contribution in [1.29, 1.82) is 0 Å². The van der Waals surface area contributed by atoms with Crippen LogP contribution in [0.5, 0.6) is 5.75 Å². The number of ether oxygens (including phenoxy) is 1. The first-order chi connectivity index (χ1) is 15.7. The summed E-state index contributed by atoms with van der Waals surface area (Å²) in [6.45, 7) is 0.363. The van der Waals surface area contributed by atoms with Crippen molar-refractivity contribution in [1.82, 2.24) is 14.9 Å². The van der Waals surface area contributed by atoms with E-state index in [2.05, 4.69) is 4.98 Å². The highest BCUT2D eigenvalue weighted by molar-refractivity contribution is 7.13. The molecule has 0 aliphatic carbocycles. The molecule has 1 aliphatic heterocycles. The number of amides is 2. The van der Waals surface area contributed by atoms with Gasteiger partial charge in [-0.15, -0.1) is 11.3 Å². The number of rotatable bonds is 7. The molecule has 2 aromatic carbocycles. The Labute approximate surface area is 189 Å². The van der Waals surface area contributed by atoms with Crippen LogP contribution in [-0.4, -0.2) is 40.3 Å². The van der Waals surface area contributed by atoms with Crippen LogP contribution in [0.1, 0.15) is 32.8 Å². The average molecular weight is 444 g/mol. The molecule has 1 aliphatic rings. The summed E-state index contributed by atoms with van der Waals surface area (Å²) in [5.41, 5.74) is 3.81. The van der Waals surface area contributed by atoms with Crippen molar-refractivity contribution in [3.8, 4) is 27.7 Å². The molecule has 0 unspecified atom stereocenters. The van der Waals surface area contributed by atoms with Gasteiger partial charge in [0.2, 0.25) is 0 Å². The van der Waals surface area contributed by atoms with E-state index >= 15 is 0 Å². The predicted molar refractivity (Wildman–Crippen MR) is 124 cm³/mol. The van der Waals surface area contributed by atoms with E-state index in [1.54, 1.807) is 42.7 Å². The Kier molecular flexibility index (Phi) is 5.33. The molecule has 2 amide bonds. The molecule has 0 radical (unpaired) electrons. The number of thiophene rings is 1. The highest BCUT2D eigenvalue weighted by atomic mass is 32.1. The Morgan fingerprint density at radius 2 is 1.69 bits per heavy atom. The number of methoxy groups -OCH3 is 1. The minimum atomic E-state index is -0.218. The van der Waals surface area contributed by atoms with Crippen molar-refractivity contribution in [2.24, 2.45) is 0 Å². The summed E-state index contributed by atoms with van der Waals surface area (Å²) in [4.78, 5) is 36.0. The third kappa shape index (κ3) is 3.61. The van der Waals surface area contributed by atoms with Gasteiger partial charge in [-0.1, -0.05) is 18.2 Å². The number of benzene rings is 2. The van der Waals surface area contributed by atoms with Crippen LogP contribution >= 0.6 is 11.3 Å². The Morgan fingerprint density at radius 1 is 0.969 bits per heavy atom. The minimum Gasteiger partial charge on any atom is -0.497 e. The fraction of sp³-hybridized carbons (Fsp3) is 0.160. The molecule has 0 atom stereocenters. The Hall–Kier alpha value is -3.71. The van der Waals surface area contributed by atoms with Crippen molar-refractivity contribution < 1.29 is 14.3 Å². The summed E-state index contributed by atoms with van der Waals surface area (Å²) >= 11 is 1.63. The standard InChI is InChI=1S/C25H21N3O3S/c1-31-17-12-10-16(11-13-17)22-20(26-23(27-22)21-9-5-15-32-21)8-4-14-28-24(29)18-6-2-3-7-19(18)25(28)30/h2-3,5-7,9-13,15H,4,8,14H2,1H3,(H,26,27). The number of carbonyl (C=O) groups is 2. The second-order valence-electron chi connectivity index (χ2n) is 7.53. The third-order valence-electron chi connectivity index (χ3n) is 5.58. The molecule has 0 spiro atoms. The van der Waals surface area contributed by atoms with Gasteiger partial charge in [-0.05, 0) is 60.7 Å². The van der Waals surface area contributed by atoms with Crippen molar-refractivity contribution in [2.75, 3.05) is 13.7 Å². The van der Waals surface area contributed by atoms with Crippen LogP contribution in [0.3, 0.4) is 0 Å². The van der Waals surface area contributed by atoms with Gasteiger partial charge in [0.1, 0.15) is 11.6 Å². The summed E-state index contributed by atoms with van der Waals surface area (Å²) in [5.74, 6) is 1.17. The maximum absolute atomic E-state index is 12.6. The lowest BCUT2D eigenvalue weighted by molar-refractivity contribution is 0.0652. The Balaban J connectivity index is 1.37. The number of H-pyrrole nitrogens is 1. The molecule has 0 fully saturated rings. The van der Waals surface area contributed by atoms with Gasteiger partial charge in [0.15, 0.2) is 0 Å². The molecular formula is C25H21N3O3S. The van der Waals surface area contributed by atoms with Crippen LogP contribution in [0.2, 0.25) is 0 Å². The predicted octanol–water partition coefficient (Wildman–Crippen LogP) is 5.04. The zero-order valence-corrected chi connectivity index (χ0v) is 18.3. The number of hydrogen-bond donors (Lipinski definition) is 1. The SMILES string of the molecule is COc1ccc(-c2nc(-c3cccs3)[nH]c2CCCN2C(=O)c3ccccc3C2=O)cc1. The van der Waals surface area contributed by atoms with Gasteiger partial charge >= 0.3 is 0 Å². The number of imide groups is 1. The summed E-state index contributed by atoms with van der Waals surface area (Å²) in [5, 5.41) is 2.02. The van der Waals surface area contributed by atoms with Crippen LogP contribution < -0.4 is 4.74 Å². The van der Waals surface area contributed by atoms with E-state index in [0.717, 1.165) is 33.4 Å². The normalized spacial score (nSPS) is 13.0. The number of hydrogen-bond acceptors (Lipinski definition) is 5. The molecule has 5 rings (SSSR count). The number of aryl methyl sites for hydroxylation is 1. The first-order valence-electron chi connectivity index (χ1n) is 10.4. The second-order valence-corrected chi connectivity index (χ2v) is 8.48. The molecule has 2 aromatic heterocycles. The lowest BCUT2D eigenvalue weighted by atomic mass is 10.1. The van der Waals surface area contributed by atoms with Crippen LogP contribution in [0.25, 0.3) is 22.0 Å². The molecule has 1 N–H and O–H groups in total.